The monoisotopic (exact) mass is 280 g/mol. The van der Waals surface area contributed by atoms with Gasteiger partial charge in [-0.1, -0.05) is 11.6 Å². The Morgan fingerprint density at radius 3 is 2.58 bits per heavy atom. The fourth-order valence-electron chi connectivity index (χ4n) is 1.65. The maximum absolute atomic E-state index is 12.7. The molecular weight excluding hydrogens is 271 g/mol. The molecule has 1 aromatic carbocycles. The van der Waals surface area contributed by atoms with Crippen LogP contribution in [0.4, 0.5) is 10.1 Å². The van der Waals surface area contributed by atoms with Crippen molar-refractivity contribution in [2.24, 2.45) is 4.99 Å². The number of ketones is 1. The van der Waals surface area contributed by atoms with Gasteiger partial charge in [-0.25, -0.2) is 9.38 Å². The van der Waals surface area contributed by atoms with Crippen molar-refractivity contribution in [1.29, 1.82) is 0 Å². The smallest absolute Gasteiger partial charge is 0.262 e. The van der Waals surface area contributed by atoms with E-state index < -0.39 is 11.7 Å². The summed E-state index contributed by atoms with van der Waals surface area (Å²) < 4.78 is 12.7. The average molecular weight is 281 g/mol. The summed E-state index contributed by atoms with van der Waals surface area (Å²) in [5, 5.41) is 2.36. The van der Waals surface area contributed by atoms with Gasteiger partial charge in [-0.3, -0.25) is 9.59 Å². The molecule has 0 aromatic heterocycles. The van der Waals surface area contributed by atoms with Crippen LogP contribution in [0.15, 0.2) is 40.0 Å². The fraction of sp³-hybridized carbons (Fsp3) is 0.154. The molecule has 0 saturated heterocycles. The van der Waals surface area contributed by atoms with E-state index in [0.717, 1.165) is 0 Å². The first-order valence-electron chi connectivity index (χ1n) is 5.51. The zero-order valence-corrected chi connectivity index (χ0v) is 10.8. The van der Waals surface area contributed by atoms with E-state index in [2.05, 4.69) is 10.3 Å². The first kappa shape index (κ1) is 13.4. The summed E-state index contributed by atoms with van der Waals surface area (Å²) >= 11 is 5.81. The van der Waals surface area contributed by atoms with E-state index in [1.54, 1.807) is 6.92 Å². The molecule has 2 rings (SSSR count). The number of nitrogens with zero attached hydrogens (tertiary/aromatic N) is 1. The number of carbonyl (C=O) groups excluding carboxylic acids is 2. The summed E-state index contributed by atoms with van der Waals surface area (Å²) in [7, 11) is 0. The van der Waals surface area contributed by atoms with E-state index in [0.29, 0.717) is 11.4 Å². The first-order chi connectivity index (χ1) is 8.97. The van der Waals surface area contributed by atoms with Gasteiger partial charge in [0.15, 0.2) is 5.78 Å². The van der Waals surface area contributed by atoms with E-state index >= 15 is 0 Å². The van der Waals surface area contributed by atoms with Crippen LogP contribution in [-0.2, 0) is 9.59 Å². The Bertz CT molecular complexity index is 606. The molecule has 1 aromatic rings. The zero-order valence-electron chi connectivity index (χ0n) is 10.0. The van der Waals surface area contributed by atoms with Crippen LogP contribution in [0.3, 0.4) is 0 Å². The Morgan fingerprint density at radius 1 is 1.37 bits per heavy atom. The summed E-state index contributed by atoms with van der Waals surface area (Å²) in [5.41, 5.74) is 0.771. The lowest BCUT2D eigenvalue weighted by molar-refractivity contribution is -0.119. The molecule has 0 spiro atoms. The van der Waals surface area contributed by atoms with Gasteiger partial charge in [0.05, 0.1) is 0 Å². The molecule has 1 heterocycles. The molecule has 98 valence electrons. The summed E-state index contributed by atoms with van der Waals surface area (Å²) in [6.45, 7) is 1.66. The van der Waals surface area contributed by atoms with Gasteiger partial charge in [-0.15, -0.1) is 0 Å². The second kappa shape index (κ2) is 5.32. The zero-order chi connectivity index (χ0) is 14.0. The lowest BCUT2D eigenvalue weighted by Gasteiger charge is -2.13. The van der Waals surface area contributed by atoms with Crippen molar-refractivity contribution in [2.45, 2.75) is 13.3 Å². The molecule has 1 amide bonds. The van der Waals surface area contributed by atoms with Crippen LogP contribution in [0, 0.1) is 5.82 Å². The van der Waals surface area contributed by atoms with E-state index in [4.69, 9.17) is 11.6 Å². The van der Waals surface area contributed by atoms with Crippen LogP contribution < -0.4 is 5.32 Å². The van der Waals surface area contributed by atoms with Crippen LogP contribution in [0.1, 0.15) is 13.3 Å². The van der Waals surface area contributed by atoms with Crippen LogP contribution >= 0.6 is 11.6 Å². The van der Waals surface area contributed by atoms with E-state index in [9.17, 15) is 14.0 Å². The van der Waals surface area contributed by atoms with Crippen molar-refractivity contribution < 1.29 is 14.0 Å². The van der Waals surface area contributed by atoms with E-state index in [1.165, 1.54) is 24.3 Å². The number of halogens is 2. The normalized spacial score (nSPS) is 15.3. The van der Waals surface area contributed by atoms with Gasteiger partial charge >= 0.3 is 0 Å². The Balaban J connectivity index is 2.22. The number of amides is 1. The minimum Gasteiger partial charge on any atom is -0.322 e. The molecule has 0 bridgehead atoms. The molecular formula is C13H10ClFN2O2. The molecule has 4 nitrogen and oxygen atoms in total. The lowest BCUT2D eigenvalue weighted by Crippen LogP contribution is -2.25. The Labute approximate surface area is 114 Å². The summed E-state index contributed by atoms with van der Waals surface area (Å²) in [5.74, 6) is -1.43. The van der Waals surface area contributed by atoms with Gasteiger partial charge in [-0.05, 0) is 31.2 Å². The van der Waals surface area contributed by atoms with Crippen LogP contribution in [0.2, 0.25) is 0 Å². The lowest BCUT2D eigenvalue weighted by atomic mass is 10.0. The Morgan fingerprint density at radius 2 is 2.00 bits per heavy atom. The molecule has 0 radical (unpaired) electrons. The van der Waals surface area contributed by atoms with Gasteiger partial charge < -0.3 is 5.32 Å². The van der Waals surface area contributed by atoms with Crippen molar-refractivity contribution >= 4 is 34.7 Å². The highest BCUT2D eigenvalue weighted by molar-refractivity contribution is 6.40. The number of Topliss-reactive ketones (excluding diaryl/α,β-unsaturated/α-hetero) is 1. The first-order valence-corrected chi connectivity index (χ1v) is 5.89. The largest absolute Gasteiger partial charge is 0.322 e. The highest BCUT2D eigenvalue weighted by atomic mass is 35.5. The molecule has 1 aliphatic heterocycles. The predicted octanol–water partition coefficient (Wildman–Crippen LogP) is 2.65. The number of benzene rings is 1. The number of hydrogen-bond donors (Lipinski definition) is 1. The van der Waals surface area contributed by atoms with Crippen LogP contribution in [-0.4, -0.2) is 17.4 Å². The maximum Gasteiger partial charge on any atom is 0.262 e. The van der Waals surface area contributed by atoms with Gasteiger partial charge in [-0.2, -0.15) is 0 Å². The second-order valence-electron chi connectivity index (χ2n) is 4.07. The minimum absolute atomic E-state index is 0.0718. The molecule has 1 N–H and O–H groups in total. The van der Waals surface area contributed by atoms with Gasteiger partial charge in [0, 0.05) is 17.8 Å². The summed E-state index contributed by atoms with van der Waals surface area (Å²) in [4.78, 5) is 27.6. The van der Waals surface area contributed by atoms with Crippen molar-refractivity contribution in [1.82, 2.24) is 0 Å². The molecule has 0 fully saturated rings. The number of rotatable bonds is 2. The number of carbonyl (C=O) groups is 2. The highest BCUT2D eigenvalue weighted by Crippen LogP contribution is 2.21. The third-order valence-electron chi connectivity index (χ3n) is 2.52. The molecule has 0 atom stereocenters. The quantitative estimate of drug-likeness (QED) is 0.669. The number of nitrogens with one attached hydrogen (secondary N) is 1. The molecule has 0 aliphatic carbocycles. The van der Waals surface area contributed by atoms with Crippen molar-refractivity contribution in [3.63, 3.8) is 0 Å². The van der Waals surface area contributed by atoms with Crippen LogP contribution in [0.5, 0.6) is 0 Å². The SMILES string of the molecule is CC1=NC(Cl)=C(C(=O)Nc2ccc(F)cc2)C(=O)C1. The maximum atomic E-state index is 12.7. The molecule has 6 heteroatoms. The predicted molar refractivity (Wildman–Crippen MR) is 70.6 cm³/mol. The Hall–Kier alpha value is -2.01. The standard InChI is InChI=1S/C13H10ClFN2O2/c1-7-6-10(18)11(12(14)16-7)13(19)17-9-4-2-8(15)3-5-9/h2-5H,6H2,1H3,(H,17,19). The fourth-order valence-corrected chi connectivity index (χ4v) is 1.98. The van der Waals surface area contributed by atoms with Gasteiger partial charge in [0.1, 0.15) is 16.5 Å². The molecule has 19 heavy (non-hydrogen) atoms. The topological polar surface area (TPSA) is 58.5 Å². The molecule has 0 unspecified atom stereocenters. The third-order valence-corrected chi connectivity index (χ3v) is 2.79. The Kier molecular flexibility index (Phi) is 3.76. The van der Waals surface area contributed by atoms with Crippen molar-refractivity contribution in [3.05, 3.63) is 40.8 Å². The molecule has 0 saturated carbocycles. The number of hydrogen-bond acceptors (Lipinski definition) is 3. The van der Waals surface area contributed by atoms with Gasteiger partial charge in [0.25, 0.3) is 5.91 Å². The van der Waals surface area contributed by atoms with E-state index in [1.807, 2.05) is 0 Å². The van der Waals surface area contributed by atoms with E-state index in [-0.39, 0.29) is 22.9 Å². The summed E-state index contributed by atoms with van der Waals surface area (Å²) in [6.07, 6.45) is 0.0718. The summed E-state index contributed by atoms with van der Waals surface area (Å²) in [6, 6.07) is 5.19. The van der Waals surface area contributed by atoms with Crippen molar-refractivity contribution in [2.75, 3.05) is 5.32 Å². The minimum atomic E-state index is -0.641. The number of anilines is 1. The van der Waals surface area contributed by atoms with Crippen LogP contribution in [0.25, 0.3) is 0 Å². The van der Waals surface area contributed by atoms with Gasteiger partial charge in [0.2, 0.25) is 0 Å². The highest BCUT2D eigenvalue weighted by Gasteiger charge is 2.26. The average Bonchev–Trinajstić information content (AvgIpc) is 2.30. The van der Waals surface area contributed by atoms with Crippen molar-refractivity contribution in [3.8, 4) is 0 Å². The third kappa shape index (κ3) is 3.06. The second-order valence-corrected chi connectivity index (χ2v) is 4.43. The molecule has 1 aliphatic rings. The number of aliphatic imine (C=N–C) groups is 1.